The molecule has 1 fully saturated rings. The molecular weight excluding hydrogens is 390 g/mol. The van der Waals surface area contributed by atoms with Crippen molar-refractivity contribution in [2.75, 3.05) is 18.0 Å². The number of pyridine rings is 2. The van der Waals surface area contributed by atoms with Crippen LogP contribution in [0.5, 0.6) is 0 Å². The molecular formula is C23H23N7O. The lowest BCUT2D eigenvalue weighted by molar-refractivity contribution is 0.329. The summed E-state index contributed by atoms with van der Waals surface area (Å²) in [6.45, 7) is 3.87. The van der Waals surface area contributed by atoms with Crippen LogP contribution in [0.15, 0.2) is 59.5 Å². The number of aromatic nitrogens is 6. The van der Waals surface area contributed by atoms with Gasteiger partial charge in [0, 0.05) is 54.9 Å². The minimum atomic E-state index is 0.244. The molecule has 31 heavy (non-hydrogen) atoms. The summed E-state index contributed by atoms with van der Waals surface area (Å²) in [7, 11) is 0. The SMILES string of the molecule is CCc1cc(N2CCC(c3nc(-c4ccccn4)no3)CC2)nc(-c2ccncc2)n1. The van der Waals surface area contributed by atoms with Gasteiger partial charge in [0.15, 0.2) is 5.82 Å². The molecule has 0 bridgehead atoms. The zero-order chi connectivity index (χ0) is 21.0. The van der Waals surface area contributed by atoms with E-state index < -0.39 is 0 Å². The van der Waals surface area contributed by atoms with Crippen molar-refractivity contribution in [3.63, 3.8) is 0 Å². The average molecular weight is 413 g/mol. The number of anilines is 1. The van der Waals surface area contributed by atoms with Crippen LogP contribution in [0, 0.1) is 0 Å². The first-order valence-electron chi connectivity index (χ1n) is 10.6. The minimum absolute atomic E-state index is 0.244. The second-order valence-corrected chi connectivity index (χ2v) is 7.56. The Kier molecular flexibility index (Phi) is 5.35. The van der Waals surface area contributed by atoms with E-state index in [0.717, 1.165) is 60.9 Å². The highest BCUT2D eigenvalue weighted by Crippen LogP contribution is 2.31. The Morgan fingerprint density at radius 2 is 1.81 bits per heavy atom. The monoisotopic (exact) mass is 413 g/mol. The van der Waals surface area contributed by atoms with Crippen molar-refractivity contribution in [3.8, 4) is 22.9 Å². The van der Waals surface area contributed by atoms with Crippen molar-refractivity contribution in [2.45, 2.75) is 32.1 Å². The first kappa shape index (κ1) is 19.3. The highest BCUT2D eigenvalue weighted by Gasteiger charge is 2.26. The highest BCUT2D eigenvalue weighted by molar-refractivity contribution is 5.57. The van der Waals surface area contributed by atoms with Gasteiger partial charge >= 0.3 is 0 Å². The van der Waals surface area contributed by atoms with Crippen molar-refractivity contribution in [3.05, 3.63) is 66.6 Å². The summed E-state index contributed by atoms with van der Waals surface area (Å²) >= 11 is 0. The van der Waals surface area contributed by atoms with Gasteiger partial charge in [-0.1, -0.05) is 18.1 Å². The topological polar surface area (TPSA) is 93.7 Å². The van der Waals surface area contributed by atoms with Gasteiger partial charge in [0.05, 0.1) is 0 Å². The van der Waals surface area contributed by atoms with E-state index in [1.54, 1.807) is 18.6 Å². The van der Waals surface area contributed by atoms with E-state index in [-0.39, 0.29) is 5.92 Å². The molecule has 0 radical (unpaired) electrons. The average Bonchev–Trinajstić information content (AvgIpc) is 3.35. The Hall–Kier alpha value is -3.68. The van der Waals surface area contributed by atoms with Gasteiger partial charge in [-0.3, -0.25) is 9.97 Å². The van der Waals surface area contributed by atoms with Gasteiger partial charge in [0.2, 0.25) is 11.7 Å². The maximum atomic E-state index is 5.56. The Labute approximate surface area is 180 Å². The van der Waals surface area contributed by atoms with Gasteiger partial charge in [-0.15, -0.1) is 0 Å². The molecule has 8 nitrogen and oxygen atoms in total. The van der Waals surface area contributed by atoms with E-state index in [0.29, 0.717) is 11.7 Å². The van der Waals surface area contributed by atoms with Gasteiger partial charge in [-0.25, -0.2) is 9.97 Å². The second-order valence-electron chi connectivity index (χ2n) is 7.56. The van der Waals surface area contributed by atoms with Gasteiger partial charge in [-0.2, -0.15) is 4.98 Å². The minimum Gasteiger partial charge on any atom is -0.356 e. The van der Waals surface area contributed by atoms with E-state index in [4.69, 9.17) is 14.5 Å². The first-order valence-corrected chi connectivity index (χ1v) is 10.6. The molecule has 8 heteroatoms. The summed E-state index contributed by atoms with van der Waals surface area (Å²) in [5.41, 5.74) is 2.75. The van der Waals surface area contributed by atoms with Crippen molar-refractivity contribution in [1.29, 1.82) is 0 Å². The number of rotatable bonds is 5. The lowest BCUT2D eigenvalue weighted by Crippen LogP contribution is -2.33. The first-order chi connectivity index (χ1) is 15.3. The molecule has 0 amide bonds. The number of nitrogens with zero attached hydrogens (tertiary/aromatic N) is 7. The lowest BCUT2D eigenvalue weighted by atomic mass is 9.96. The molecule has 5 rings (SSSR count). The van der Waals surface area contributed by atoms with Crippen molar-refractivity contribution in [2.24, 2.45) is 0 Å². The number of hydrogen-bond donors (Lipinski definition) is 0. The van der Waals surface area contributed by atoms with Gasteiger partial charge in [0.25, 0.3) is 0 Å². The van der Waals surface area contributed by atoms with Crippen LogP contribution in [0.25, 0.3) is 22.9 Å². The Bertz CT molecular complexity index is 1140. The molecule has 0 aromatic carbocycles. The van der Waals surface area contributed by atoms with Crippen LogP contribution in [0.4, 0.5) is 5.82 Å². The van der Waals surface area contributed by atoms with Gasteiger partial charge in [-0.05, 0) is 43.5 Å². The molecule has 156 valence electrons. The van der Waals surface area contributed by atoms with Crippen LogP contribution in [-0.2, 0) is 6.42 Å². The largest absolute Gasteiger partial charge is 0.356 e. The van der Waals surface area contributed by atoms with Crippen LogP contribution in [0.1, 0.15) is 37.3 Å². The van der Waals surface area contributed by atoms with Crippen LogP contribution in [0.3, 0.4) is 0 Å². The molecule has 0 spiro atoms. The third-order valence-corrected chi connectivity index (χ3v) is 5.57. The fourth-order valence-electron chi connectivity index (χ4n) is 3.81. The molecule has 5 heterocycles. The lowest BCUT2D eigenvalue weighted by Gasteiger charge is -2.31. The molecule has 0 atom stereocenters. The molecule has 0 unspecified atom stereocenters. The number of hydrogen-bond acceptors (Lipinski definition) is 8. The molecule has 0 N–H and O–H groups in total. The van der Waals surface area contributed by atoms with Crippen molar-refractivity contribution < 1.29 is 4.52 Å². The van der Waals surface area contributed by atoms with Crippen LogP contribution < -0.4 is 4.90 Å². The Balaban J connectivity index is 1.31. The molecule has 1 aliphatic rings. The molecule has 4 aromatic rings. The summed E-state index contributed by atoms with van der Waals surface area (Å²) in [6.07, 6.45) is 8.00. The fourth-order valence-corrected chi connectivity index (χ4v) is 3.81. The summed E-state index contributed by atoms with van der Waals surface area (Å²) < 4.78 is 5.56. The summed E-state index contributed by atoms with van der Waals surface area (Å²) in [4.78, 5) is 24.9. The van der Waals surface area contributed by atoms with Gasteiger partial charge < -0.3 is 9.42 Å². The maximum Gasteiger partial charge on any atom is 0.230 e. The Morgan fingerprint density at radius 3 is 2.55 bits per heavy atom. The number of aryl methyl sites for hydroxylation is 1. The van der Waals surface area contributed by atoms with E-state index in [1.807, 2.05) is 30.3 Å². The number of piperidine rings is 1. The van der Waals surface area contributed by atoms with Gasteiger partial charge in [0.1, 0.15) is 11.5 Å². The summed E-state index contributed by atoms with van der Waals surface area (Å²) in [5.74, 6) is 3.19. The second kappa shape index (κ2) is 8.59. The normalized spacial score (nSPS) is 14.7. The van der Waals surface area contributed by atoms with Crippen LogP contribution in [0.2, 0.25) is 0 Å². The summed E-state index contributed by atoms with van der Waals surface area (Å²) in [6, 6.07) is 11.7. The zero-order valence-electron chi connectivity index (χ0n) is 17.3. The molecule has 1 aliphatic heterocycles. The third-order valence-electron chi connectivity index (χ3n) is 5.57. The van der Waals surface area contributed by atoms with E-state index in [2.05, 4.69) is 38.0 Å². The Morgan fingerprint density at radius 1 is 0.968 bits per heavy atom. The molecule has 4 aromatic heterocycles. The molecule has 0 saturated carbocycles. The zero-order valence-corrected chi connectivity index (χ0v) is 17.3. The fraction of sp³-hybridized carbons (Fsp3) is 0.304. The van der Waals surface area contributed by atoms with E-state index in [1.165, 1.54) is 0 Å². The summed E-state index contributed by atoms with van der Waals surface area (Å²) in [5, 5.41) is 4.12. The smallest absolute Gasteiger partial charge is 0.230 e. The quantitative estimate of drug-likeness (QED) is 0.486. The predicted octanol–water partition coefficient (Wildman–Crippen LogP) is 3.93. The standard InChI is InChI=1S/C23H23N7O/c1-2-18-15-20(27-21(26-18)16-6-11-24-12-7-16)30-13-8-17(9-14-30)23-28-22(29-31-23)19-5-3-4-10-25-19/h3-7,10-12,15,17H,2,8-9,13-14H2,1H3. The van der Waals surface area contributed by atoms with Crippen LogP contribution >= 0.6 is 0 Å². The van der Waals surface area contributed by atoms with Crippen molar-refractivity contribution >= 4 is 5.82 Å². The predicted molar refractivity (Wildman–Crippen MR) is 116 cm³/mol. The molecule has 1 saturated heterocycles. The maximum absolute atomic E-state index is 5.56. The van der Waals surface area contributed by atoms with Crippen molar-refractivity contribution in [1.82, 2.24) is 30.1 Å². The van der Waals surface area contributed by atoms with Crippen LogP contribution in [-0.4, -0.2) is 43.2 Å². The third kappa shape index (κ3) is 4.14. The van der Waals surface area contributed by atoms with E-state index in [9.17, 15) is 0 Å². The molecule has 0 aliphatic carbocycles. The highest BCUT2D eigenvalue weighted by atomic mass is 16.5. The van der Waals surface area contributed by atoms with E-state index >= 15 is 0 Å².